The summed E-state index contributed by atoms with van der Waals surface area (Å²) in [7, 11) is 0. The van der Waals surface area contributed by atoms with E-state index in [1.54, 1.807) is 42.5 Å². The van der Waals surface area contributed by atoms with E-state index in [1.807, 2.05) is 0 Å². The number of aliphatic imine (C=N–C) groups is 1. The van der Waals surface area contributed by atoms with Crippen molar-refractivity contribution in [3.8, 4) is 11.5 Å². The Morgan fingerprint density at radius 1 is 0.638 bits per heavy atom. The van der Waals surface area contributed by atoms with Gasteiger partial charge in [0.1, 0.15) is 29.6 Å². The number of nitrogens with zero attached hydrogens (tertiary/aromatic N) is 1. The molecule has 14 nitrogen and oxygen atoms in total. The average Bonchev–Trinajstić information content (AvgIpc) is 3.04. The van der Waals surface area contributed by atoms with Crippen LogP contribution in [0.1, 0.15) is 29.5 Å². The van der Waals surface area contributed by atoms with Crippen LogP contribution in [0.25, 0.3) is 0 Å². The van der Waals surface area contributed by atoms with Gasteiger partial charge >= 0.3 is 5.97 Å². The predicted molar refractivity (Wildman–Crippen MR) is 175 cm³/mol. The van der Waals surface area contributed by atoms with Gasteiger partial charge in [-0.25, -0.2) is 4.79 Å². The molecule has 0 aliphatic carbocycles. The Bertz CT molecular complexity index is 1510. The maximum atomic E-state index is 13.7. The molecule has 0 saturated carbocycles. The van der Waals surface area contributed by atoms with E-state index in [2.05, 4.69) is 20.9 Å². The Hall–Kier alpha value is -5.63. The minimum absolute atomic E-state index is 0.00618. The lowest BCUT2D eigenvalue weighted by molar-refractivity contribution is -0.142. The summed E-state index contributed by atoms with van der Waals surface area (Å²) >= 11 is 0. The number of hydrogen-bond acceptors (Lipinski definition) is 8. The summed E-state index contributed by atoms with van der Waals surface area (Å²) < 4.78 is 0. The van der Waals surface area contributed by atoms with Crippen molar-refractivity contribution in [1.82, 2.24) is 16.0 Å². The summed E-state index contributed by atoms with van der Waals surface area (Å²) in [6, 6.07) is 16.3. The second kappa shape index (κ2) is 17.8. The number of nitrogens with one attached hydrogen (secondary N) is 3. The first-order valence-electron chi connectivity index (χ1n) is 15.0. The summed E-state index contributed by atoms with van der Waals surface area (Å²) in [6.45, 7) is 0.147. The summed E-state index contributed by atoms with van der Waals surface area (Å²) in [5.41, 5.74) is 19.0. The maximum absolute atomic E-state index is 13.7. The Morgan fingerprint density at radius 2 is 1.11 bits per heavy atom. The number of phenols is 2. The van der Waals surface area contributed by atoms with E-state index in [9.17, 15) is 34.5 Å². The second-order valence-corrected chi connectivity index (χ2v) is 11.0. The molecule has 3 aromatic rings. The van der Waals surface area contributed by atoms with Gasteiger partial charge in [0.25, 0.3) is 0 Å². The van der Waals surface area contributed by atoms with Gasteiger partial charge in [0.2, 0.25) is 17.7 Å². The third kappa shape index (κ3) is 12.4. The fourth-order valence-corrected chi connectivity index (χ4v) is 4.70. The van der Waals surface area contributed by atoms with E-state index in [1.165, 1.54) is 36.4 Å². The molecule has 3 rings (SSSR count). The summed E-state index contributed by atoms with van der Waals surface area (Å²) in [5.74, 6) is -3.43. The molecule has 0 aliphatic rings. The summed E-state index contributed by atoms with van der Waals surface area (Å²) in [6.07, 6.45) is 0.442. The topological polar surface area (TPSA) is 255 Å². The zero-order valence-electron chi connectivity index (χ0n) is 25.7. The van der Waals surface area contributed by atoms with Crippen molar-refractivity contribution < 1.29 is 34.5 Å². The molecule has 4 unspecified atom stereocenters. The molecule has 0 heterocycles. The number of carboxylic acids is 1. The Labute approximate surface area is 272 Å². The van der Waals surface area contributed by atoms with E-state index in [-0.39, 0.29) is 56.1 Å². The lowest BCUT2D eigenvalue weighted by atomic mass is 10.0. The highest BCUT2D eigenvalue weighted by molar-refractivity contribution is 5.94. The highest BCUT2D eigenvalue weighted by Gasteiger charge is 2.30. The molecule has 47 heavy (non-hydrogen) atoms. The molecule has 0 aromatic heterocycles. The van der Waals surface area contributed by atoms with Crippen LogP contribution in [0.2, 0.25) is 0 Å². The summed E-state index contributed by atoms with van der Waals surface area (Å²) in [4.78, 5) is 56.3. The number of aromatic hydroxyl groups is 2. The van der Waals surface area contributed by atoms with Crippen molar-refractivity contribution in [1.29, 1.82) is 0 Å². The van der Waals surface area contributed by atoms with Crippen LogP contribution in [0.5, 0.6) is 11.5 Å². The molecule has 4 atom stereocenters. The molecule has 0 spiro atoms. The molecule has 3 amide bonds. The van der Waals surface area contributed by atoms with Gasteiger partial charge in [0.05, 0.1) is 6.04 Å². The molecule has 250 valence electrons. The normalized spacial score (nSPS) is 13.3. The van der Waals surface area contributed by atoms with E-state index in [0.717, 1.165) is 5.56 Å². The van der Waals surface area contributed by atoms with Gasteiger partial charge in [0, 0.05) is 19.4 Å². The molecule has 12 N–H and O–H groups in total. The quantitative estimate of drug-likeness (QED) is 0.0540. The molecule has 0 fully saturated rings. The third-order valence-corrected chi connectivity index (χ3v) is 7.21. The molecule has 14 heteroatoms. The largest absolute Gasteiger partial charge is 0.508 e. The molecule has 0 radical (unpaired) electrons. The van der Waals surface area contributed by atoms with Crippen LogP contribution < -0.4 is 33.2 Å². The number of hydrogen-bond donors (Lipinski definition) is 9. The van der Waals surface area contributed by atoms with Gasteiger partial charge in [-0.3, -0.25) is 19.4 Å². The molecular formula is C33H41N7O7. The first-order valence-corrected chi connectivity index (χ1v) is 15.0. The Balaban J connectivity index is 1.79. The van der Waals surface area contributed by atoms with Crippen molar-refractivity contribution in [3.63, 3.8) is 0 Å². The van der Waals surface area contributed by atoms with Gasteiger partial charge in [-0.1, -0.05) is 54.6 Å². The van der Waals surface area contributed by atoms with E-state index in [4.69, 9.17) is 17.2 Å². The third-order valence-electron chi connectivity index (χ3n) is 7.21. The van der Waals surface area contributed by atoms with E-state index in [0.29, 0.717) is 11.1 Å². The first kappa shape index (κ1) is 35.8. The van der Waals surface area contributed by atoms with Gasteiger partial charge in [0.15, 0.2) is 5.96 Å². The van der Waals surface area contributed by atoms with Gasteiger partial charge in [-0.05, 0) is 60.2 Å². The number of carbonyl (C=O) groups excluding carboxylic acids is 3. The van der Waals surface area contributed by atoms with Crippen LogP contribution in [-0.2, 0) is 38.4 Å². The number of rotatable bonds is 17. The standard InChI is InChI=1S/C33H41N7O7/c34-25(17-21-8-12-23(41)13-9-21)29(43)39-27(18-20-5-2-1-3-6-20)31(45)38-26(7-4-16-37-33(35)36)30(44)40-28(32(46)47)19-22-10-14-24(42)15-11-22/h1-3,5-6,8-15,25-28,41-42H,4,7,16-19,34H2,(H,38,45)(H,39,43)(H,40,44)(H,46,47)(H4,35,36,37). The lowest BCUT2D eigenvalue weighted by Gasteiger charge is -2.25. The van der Waals surface area contributed by atoms with Gasteiger partial charge in [-0.2, -0.15) is 0 Å². The van der Waals surface area contributed by atoms with Crippen molar-refractivity contribution in [2.24, 2.45) is 22.2 Å². The van der Waals surface area contributed by atoms with Crippen LogP contribution in [0, 0.1) is 0 Å². The highest BCUT2D eigenvalue weighted by atomic mass is 16.4. The smallest absolute Gasteiger partial charge is 0.326 e. The number of nitrogens with two attached hydrogens (primary N) is 3. The number of amides is 3. The second-order valence-electron chi connectivity index (χ2n) is 11.0. The number of carboxylic acid groups (broad SMARTS) is 1. The highest BCUT2D eigenvalue weighted by Crippen LogP contribution is 2.13. The number of aliphatic carboxylic acids is 1. The number of benzene rings is 3. The fraction of sp³-hybridized carbons (Fsp3) is 0.303. The molecule has 0 saturated heterocycles. The molecule has 3 aromatic carbocycles. The number of phenolic OH excluding ortho intramolecular Hbond substituents is 2. The number of carbonyl (C=O) groups is 4. The molecule has 0 bridgehead atoms. The van der Waals surface area contributed by atoms with Crippen molar-refractivity contribution >= 4 is 29.7 Å². The van der Waals surface area contributed by atoms with E-state index >= 15 is 0 Å². The minimum atomic E-state index is -1.35. The number of guanidine groups is 1. The van der Waals surface area contributed by atoms with Gasteiger partial charge < -0.3 is 48.5 Å². The maximum Gasteiger partial charge on any atom is 0.326 e. The zero-order chi connectivity index (χ0) is 34.3. The lowest BCUT2D eigenvalue weighted by Crippen LogP contribution is -2.58. The van der Waals surface area contributed by atoms with Crippen LogP contribution in [-0.4, -0.2) is 75.7 Å². The fourth-order valence-electron chi connectivity index (χ4n) is 4.70. The summed E-state index contributed by atoms with van der Waals surface area (Å²) in [5, 5.41) is 36.8. The molecular weight excluding hydrogens is 606 g/mol. The Morgan fingerprint density at radius 3 is 1.66 bits per heavy atom. The Kier molecular flexibility index (Phi) is 13.5. The van der Waals surface area contributed by atoms with Crippen LogP contribution in [0.15, 0.2) is 83.9 Å². The molecule has 0 aliphatic heterocycles. The van der Waals surface area contributed by atoms with Crippen molar-refractivity contribution in [2.75, 3.05) is 6.54 Å². The van der Waals surface area contributed by atoms with Crippen LogP contribution >= 0.6 is 0 Å². The van der Waals surface area contributed by atoms with Crippen molar-refractivity contribution in [3.05, 3.63) is 95.6 Å². The van der Waals surface area contributed by atoms with Crippen LogP contribution in [0.4, 0.5) is 0 Å². The van der Waals surface area contributed by atoms with Gasteiger partial charge in [-0.15, -0.1) is 0 Å². The van der Waals surface area contributed by atoms with E-state index < -0.39 is 47.9 Å². The monoisotopic (exact) mass is 647 g/mol. The SMILES string of the molecule is NC(N)=NCCCC(NC(=O)C(Cc1ccccc1)NC(=O)C(N)Cc1ccc(O)cc1)C(=O)NC(Cc1ccc(O)cc1)C(=O)O. The zero-order valence-corrected chi connectivity index (χ0v) is 25.7. The average molecular weight is 648 g/mol. The minimum Gasteiger partial charge on any atom is -0.508 e. The first-order chi connectivity index (χ1) is 22.4. The predicted octanol–water partition coefficient (Wildman–Crippen LogP) is 0.0456. The van der Waals surface area contributed by atoms with Crippen LogP contribution in [0.3, 0.4) is 0 Å². The van der Waals surface area contributed by atoms with Crippen molar-refractivity contribution in [2.45, 2.75) is 56.3 Å².